The van der Waals surface area contributed by atoms with Crippen LogP contribution in [0.2, 0.25) is 0 Å². The molecule has 1 saturated heterocycles. The standard InChI is InChI=1S/C22H35N5O.HI/c1-4-23-22(25-15-17(2)16-27-11-13-28-14-12-27)24-10-9-19-18(3)26-21-8-6-5-7-20(19)21;/h5-8,17,26H,4,9-16H2,1-3H3,(H2,23,24,25);1H. The molecule has 7 heteroatoms. The Morgan fingerprint density at radius 3 is 2.76 bits per heavy atom. The summed E-state index contributed by atoms with van der Waals surface area (Å²) >= 11 is 0. The molecule has 1 unspecified atom stereocenters. The number of fused-ring (bicyclic) bond motifs is 1. The molecule has 1 aromatic carbocycles. The molecule has 2 heterocycles. The van der Waals surface area contributed by atoms with Crippen molar-refractivity contribution in [3.63, 3.8) is 0 Å². The fraction of sp³-hybridized carbons (Fsp3) is 0.591. The first-order valence-corrected chi connectivity index (χ1v) is 10.6. The van der Waals surface area contributed by atoms with Gasteiger partial charge in [0.25, 0.3) is 0 Å². The molecule has 0 amide bonds. The summed E-state index contributed by atoms with van der Waals surface area (Å²) in [5.74, 6) is 1.44. The highest BCUT2D eigenvalue weighted by atomic mass is 127. The lowest BCUT2D eigenvalue weighted by Gasteiger charge is -2.28. The van der Waals surface area contributed by atoms with Crippen LogP contribution in [0.25, 0.3) is 10.9 Å². The van der Waals surface area contributed by atoms with E-state index in [1.54, 1.807) is 0 Å². The average molecular weight is 513 g/mol. The summed E-state index contributed by atoms with van der Waals surface area (Å²) in [6.45, 7) is 14.0. The molecule has 1 aliphatic heterocycles. The third-order valence-electron chi connectivity index (χ3n) is 5.27. The lowest BCUT2D eigenvalue weighted by Crippen LogP contribution is -2.40. The Morgan fingerprint density at radius 2 is 2.00 bits per heavy atom. The number of nitrogens with one attached hydrogen (secondary N) is 3. The Balaban J connectivity index is 0.00000300. The Hall–Kier alpha value is -1.32. The van der Waals surface area contributed by atoms with Crippen LogP contribution < -0.4 is 10.6 Å². The summed E-state index contributed by atoms with van der Waals surface area (Å²) in [6.07, 6.45) is 0.976. The molecular formula is C22H36IN5O. The van der Waals surface area contributed by atoms with E-state index in [0.717, 1.165) is 64.9 Å². The maximum Gasteiger partial charge on any atom is 0.191 e. The third kappa shape index (κ3) is 7.15. The molecule has 162 valence electrons. The highest BCUT2D eigenvalue weighted by Gasteiger charge is 2.13. The summed E-state index contributed by atoms with van der Waals surface area (Å²) in [7, 11) is 0. The number of benzene rings is 1. The van der Waals surface area contributed by atoms with E-state index >= 15 is 0 Å². The lowest BCUT2D eigenvalue weighted by atomic mass is 10.1. The van der Waals surface area contributed by atoms with Crippen molar-refractivity contribution in [3.8, 4) is 0 Å². The summed E-state index contributed by atoms with van der Waals surface area (Å²) in [6, 6.07) is 8.52. The van der Waals surface area contributed by atoms with Crippen LogP contribution >= 0.6 is 24.0 Å². The first-order chi connectivity index (χ1) is 13.7. The van der Waals surface area contributed by atoms with Gasteiger partial charge in [-0.05, 0) is 37.8 Å². The number of H-pyrrole nitrogens is 1. The molecule has 29 heavy (non-hydrogen) atoms. The van der Waals surface area contributed by atoms with Gasteiger partial charge in [-0.1, -0.05) is 25.1 Å². The van der Waals surface area contributed by atoms with Gasteiger partial charge in [0, 0.05) is 55.9 Å². The number of guanidine groups is 1. The van der Waals surface area contributed by atoms with Crippen LogP contribution in [0.1, 0.15) is 25.1 Å². The second kappa shape index (κ2) is 12.4. The molecule has 6 nitrogen and oxygen atoms in total. The summed E-state index contributed by atoms with van der Waals surface area (Å²) in [4.78, 5) is 10.8. The number of aliphatic imine (C=N–C) groups is 1. The largest absolute Gasteiger partial charge is 0.379 e. The van der Waals surface area contributed by atoms with Crippen molar-refractivity contribution < 1.29 is 4.74 Å². The van der Waals surface area contributed by atoms with Crippen molar-refractivity contribution in [1.29, 1.82) is 0 Å². The van der Waals surface area contributed by atoms with Crippen LogP contribution in [0, 0.1) is 12.8 Å². The number of nitrogens with zero attached hydrogens (tertiary/aromatic N) is 2. The zero-order valence-corrected chi connectivity index (χ0v) is 20.3. The van der Waals surface area contributed by atoms with Crippen molar-refractivity contribution >= 4 is 40.8 Å². The van der Waals surface area contributed by atoms with Gasteiger partial charge in [-0.15, -0.1) is 24.0 Å². The number of ether oxygens (including phenoxy) is 1. The third-order valence-corrected chi connectivity index (χ3v) is 5.27. The smallest absolute Gasteiger partial charge is 0.191 e. The van der Waals surface area contributed by atoms with Crippen LogP contribution in [0.4, 0.5) is 0 Å². The molecule has 1 fully saturated rings. The molecule has 0 saturated carbocycles. The second-order valence-corrected chi connectivity index (χ2v) is 7.69. The van der Waals surface area contributed by atoms with E-state index in [-0.39, 0.29) is 24.0 Å². The van der Waals surface area contributed by atoms with E-state index < -0.39 is 0 Å². The topological polar surface area (TPSA) is 64.7 Å². The van der Waals surface area contributed by atoms with Crippen molar-refractivity contribution in [1.82, 2.24) is 20.5 Å². The van der Waals surface area contributed by atoms with Crippen molar-refractivity contribution in [2.75, 3.05) is 52.5 Å². The fourth-order valence-electron chi connectivity index (χ4n) is 3.83. The number of halogens is 1. The fourth-order valence-corrected chi connectivity index (χ4v) is 3.83. The van der Waals surface area contributed by atoms with Crippen LogP contribution in [-0.4, -0.2) is 68.3 Å². The Labute approximate surface area is 191 Å². The maximum absolute atomic E-state index is 5.43. The summed E-state index contributed by atoms with van der Waals surface area (Å²) in [5.41, 5.74) is 3.86. The second-order valence-electron chi connectivity index (χ2n) is 7.69. The molecule has 0 spiro atoms. The summed E-state index contributed by atoms with van der Waals surface area (Å²) in [5, 5.41) is 8.19. The first kappa shape index (κ1) is 24.0. The van der Waals surface area contributed by atoms with E-state index in [9.17, 15) is 0 Å². The predicted molar refractivity (Wildman–Crippen MR) is 133 cm³/mol. The maximum atomic E-state index is 5.43. The minimum Gasteiger partial charge on any atom is -0.379 e. The highest BCUT2D eigenvalue weighted by molar-refractivity contribution is 14.0. The van der Waals surface area contributed by atoms with Gasteiger partial charge in [-0.2, -0.15) is 0 Å². The molecule has 0 bridgehead atoms. The van der Waals surface area contributed by atoms with Crippen LogP contribution in [0.3, 0.4) is 0 Å². The van der Waals surface area contributed by atoms with E-state index in [4.69, 9.17) is 9.73 Å². The Morgan fingerprint density at radius 1 is 1.24 bits per heavy atom. The SMILES string of the molecule is CCNC(=NCC(C)CN1CCOCC1)NCCc1c(C)[nH]c2ccccc12.I. The van der Waals surface area contributed by atoms with Crippen molar-refractivity contribution in [2.45, 2.75) is 27.2 Å². The lowest BCUT2D eigenvalue weighted by molar-refractivity contribution is 0.0323. The molecule has 1 aliphatic rings. The number of aryl methyl sites for hydroxylation is 1. The molecule has 3 N–H and O–H groups in total. The van der Waals surface area contributed by atoms with E-state index in [1.807, 2.05) is 0 Å². The zero-order chi connectivity index (χ0) is 19.8. The minimum atomic E-state index is 0. The van der Waals surface area contributed by atoms with Gasteiger partial charge in [-0.25, -0.2) is 0 Å². The molecule has 1 atom stereocenters. The van der Waals surface area contributed by atoms with Crippen LogP contribution in [0.15, 0.2) is 29.3 Å². The number of morpholine rings is 1. The molecule has 3 rings (SSSR count). The van der Waals surface area contributed by atoms with E-state index in [0.29, 0.717) is 5.92 Å². The normalized spacial score (nSPS) is 16.4. The van der Waals surface area contributed by atoms with Gasteiger partial charge in [0.05, 0.1) is 13.2 Å². The Bertz CT molecular complexity index is 770. The van der Waals surface area contributed by atoms with Gasteiger partial charge in [-0.3, -0.25) is 9.89 Å². The average Bonchev–Trinajstić information content (AvgIpc) is 3.02. The summed E-state index contributed by atoms with van der Waals surface area (Å²) < 4.78 is 5.43. The van der Waals surface area contributed by atoms with E-state index in [1.165, 1.54) is 22.2 Å². The molecule has 2 aromatic rings. The number of hydrogen-bond acceptors (Lipinski definition) is 3. The number of hydrogen-bond donors (Lipinski definition) is 3. The molecule has 0 radical (unpaired) electrons. The number of rotatable bonds is 8. The van der Waals surface area contributed by atoms with Gasteiger partial charge >= 0.3 is 0 Å². The minimum absolute atomic E-state index is 0. The van der Waals surface area contributed by atoms with Crippen LogP contribution in [0.5, 0.6) is 0 Å². The Kier molecular flexibility index (Phi) is 10.2. The van der Waals surface area contributed by atoms with Gasteiger partial charge < -0.3 is 20.4 Å². The predicted octanol–water partition coefficient (Wildman–Crippen LogP) is 3.16. The van der Waals surface area contributed by atoms with Crippen molar-refractivity contribution in [2.24, 2.45) is 10.9 Å². The van der Waals surface area contributed by atoms with Gasteiger partial charge in [0.1, 0.15) is 0 Å². The zero-order valence-electron chi connectivity index (χ0n) is 18.0. The molecule has 1 aromatic heterocycles. The number of para-hydroxylation sites is 1. The molecule has 0 aliphatic carbocycles. The van der Waals surface area contributed by atoms with Gasteiger partial charge in [0.2, 0.25) is 0 Å². The molecular weight excluding hydrogens is 477 g/mol. The number of aromatic amines is 1. The van der Waals surface area contributed by atoms with Crippen LogP contribution in [-0.2, 0) is 11.2 Å². The van der Waals surface area contributed by atoms with Gasteiger partial charge in [0.15, 0.2) is 5.96 Å². The van der Waals surface area contributed by atoms with E-state index in [2.05, 4.69) is 65.6 Å². The monoisotopic (exact) mass is 513 g/mol. The highest BCUT2D eigenvalue weighted by Crippen LogP contribution is 2.21. The number of aromatic nitrogens is 1. The first-order valence-electron chi connectivity index (χ1n) is 10.6. The quantitative estimate of drug-likeness (QED) is 0.288. The van der Waals surface area contributed by atoms with Crippen molar-refractivity contribution in [3.05, 3.63) is 35.5 Å².